The number of aromatic nitrogens is 3. The maximum Gasteiger partial charge on any atom is 0.257 e. The van der Waals surface area contributed by atoms with E-state index in [1.165, 1.54) is 27.4 Å². The number of nitrogens with zero attached hydrogens (tertiary/aromatic N) is 4. The zero-order valence-electron chi connectivity index (χ0n) is 17.1. The molecule has 1 unspecified atom stereocenters. The van der Waals surface area contributed by atoms with Crippen LogP contribution in [0.25, 0.3) is 0 Å². The summed E-state index contributed by atoms with van der Waals surface area (Å²) >= 11 is 2.85. The van der Waals surface area contributed by atoms with Crippen LogP contribution < -0.4 is 10.9 Å². The van der Waals surface area contributed by atoms with Gasteiger partial charge in [-0.05, 0) is 26.2 Å². The Morgan fingerprint density at radius 3 is 2.87 bits per heavy atom. The van der Waals surface area contributed by atoms with E-state index in [0.717, 1.165) is 41.1 Å². The maximum atomic E-state index is 12.9. The van der Waals surface area contributed by atoms with Gasteiger partial charge in [-0.1, -0.05) is 11.8 Å². The third-order valence-corrected chi connectivity index (χ3v) is 9.92. The van der Waals surface area contributed by atoms with Gasteiger partial charge in [-0.2, -0.15) is 4.31 Å². The van der Waals surface area contributed by atoms with Crippen molar-refractivity contribution in [2.75, 3.05) is 23.4 Å². The monoisotopic (exact) mass is 481 g/mol. The van der Waals surface area contributed by atoms with Gasteiger partial charge in [0, 0.05) is 42.1 Å². The second-order valence-corrected chi connectivity index (χ2v) is 12.3. The lowest BCUT2D eigenvalue weighted by Crippen LogP contribution is -2.36. The fourth-order valence-corrected chi connectivity index (χ4v) is 7.67. The minimum atomic E-state index is -3.25. The first-order chi connectivity index (χ1) is 14.9. The van der Waals surface area contributed by atoms with Crippen molar-refractivity contribution < 1.29 is 13.2 Å². The molecule has 3 aliphatic rings. The molecule has 166 valence electrons. The molecule has 0 spiro atoms. The minimum Gasteiger partial charge on any atom is -0.302 e. The molecule has 2 aromatic heterocycles. The SMILES string of the molecule is CCS(=O)(=O)N1CCc2nc(NC(=O)CC3CSc4nc5c(c(=O)n43)CCC5)sc2C1. The van der Waals surface area contributed by atoms with Crippen molar-refractivity contribution in [3.8, 4) is 0 Å². The van der Waals surface area contributed by atoms with E-state index in [0.29, 0.717) is 35.6 Å². The van der Waals surface area contributed by atoms with E-state index < -0.39 is 10.0 Å². The highest BCUT2D eigenvalue weighted by molar-refractivity contribution is 7.99. The molecule has 2 aromatic rings. The lowest BCUT2D eigenvalue weighted by atomic mass is 10.2. The number of anilines is 1. The molecular weight excluding hydrogens is 458 g/mol. The van der Waals surface area contributed by atoms with Crippen molar-refractivity contribution in [3.05, 3.63) is 32.2 Å². The number of thiazole rings is 1. The molecule has 0 bridgehead atoms. The molecule has 2 aliphatic heterocycles. The van der Waals surface area contributed by atoms with Crippen LogP contribution in [-0.4, -0.2) is 51.2 Å². The third-order valence-electron chi connectivity index (χ3n) is 5.99. The number of carbonyl (C=O) groups is 1. The normalized spacial score (nSPS) is 20.4. The van der Waals surface area contributed by atoms with E-state index >= 15 is 0 Å². The first kappa shape index (κ1) is 21.1. The quantitative estimate of drug-likeness (QED) is 0.645. The molecule has 5 rings (SSSR count). The summed E-state index contributed by atoms with van der Waals surface area (Å²) in [6.45, 7) is 2.35. The number of aryl methyl sites for hydroxylation is 1. The summed E-state index contributed by atoms with van der Waals surface area (Å²) in [5.41, 5.74) is 2.57. The van der Waals surface area contributed by atoms with Gasteiger partial charge in [0.1, 0.15) is 0 Å². The number of fused-ring (bicyclic) bond motifs is 3. The molecule has 0 saturated carbocycles. The Morgan fingerprint density at radius 2 is 2.06 bits per heavy atom. The zero-order valence-corrected chi connectivity index (χ0v) is 19.5. The predicted molar refractivity (Wildman–Crippen MR) is 119 cm³/mol. The summed E-state index contributed by atoms with van der Waals surface area (Å²) in [6.07, 6.45) is 3.31. The first-order valence-corrected chi connectivity index (χ1v) is 13.8. The van der Waals surface area contributed by atoms with Gasteiger partial charge in [0.05, 0.1) is 23.2 Å². The van der Waals surface area contributed by atoms with Crippen LogP contribution in [0.4, 0.5) is 5.13 Å². The number of carbonyl (C=O) groups excluding carboxylic acids is 1. The zero-order chi connectivity index (χ0) is 21.8. The largest absolute Gasteiger partial charge is 0.302 e. The van der Waals surface area contributed by atoms with E-state index in [2.05, 4.69) is 15.3 Å². The fraction of sp³-hybridized carbons (Fsp3) is 0.579. The van der Waals surface area contributed by atoms with Crippen LogP contribution in [0.1, 0.15) is 47.6 Å². The van der Waals surface area contributed by atoms with Crippen LogP contribution >= 0.6 is 23.1 Å². The summed E-state index contributed by atoms with van der Waals surface area (Å²) in [5, 5.41) is 4.05. The number of hydrogen-bond donors (Lipinski definition) is 1. The standard InChI is InChI=1S/C19H23N5O4S3/c1-2-31(27,28)23-7-6-14-15(9-23)30-18(20-14)22-16(25)8-11-10-29-19-21-13-5-3-4-12(13)17(26)24(11)19/h11H,2-10H2,1H3,(H,20,22,25). The van der Waals surface area contributed by atoms with E-state index in [1.54, 1.807) is 11.5 Å². The molecule has 1 N–H and O–H groups in total. The number of rotatable bonds is 5. The lowest BCUT2D eigenvalue weighted by molar-refractivity contribution is -0.116. The van der Waals surface area contributed by atoms with Gasteiger partial charge >= 0.3 is 0 Å². The molecule has 1 amide bonds. The minimum absolute atomic E-state index is 0.00207. The van der Waals surface area contributed by atoms with Crippen molar-refractivity contribution in [1.82, 2.24) is 18.8 Å². The summed E-state index contributed by atoms with van der Waals surface area (Å²) in [7, 11) is -3.25. The number of sulfonamides is 1. The molecular formula is C19H23N5O4S3. The van der Waals surface area contributed by atoms with Gasteiger partial charge in [0.25, 0.3) is 5.56 Å². The smallest absolute Gasteiger partial charge is 0.257 e. The first-order valence-electron chi connectivity index (χ1n) is 10.4. The van der Waals surface area contributed by atoms with Crippen LogP contribution in [-0.2, 0) is 40.6 Å². The summed E-state index contributed by atoms with van der Waals surface area (Å²) in [4.78, 5) is 35.6. The van der Waals surface area contributed by atoms with Gasteiger partial charge < -0.3 is 5.32 Å². The average molecular weight is 482 g/mol. The second-order valence-electron chi connectivity index (χ2n) is 7.94. The second kappa shape index (κ2) is 7.98. The van der Waals surface area contributed by atoms with Crippen molar-refractivity contribution in [1.29, 1.82) is 0 Å². The number of thioether (sulfide) groups is 1. The molecule has 0 fully saturated rings. The van der Waals surface area contributed by atoms with Crippen molar-refractivity contribution in [2.45, 2.75) is 56.8 Å². The van der Waals surface area contributed by atoms with Gasteiger partial charge in [-0.25, -0.2) is 18.4 Å². The Hall–Kier alpha value is -1.76. The van der Waals surface area contributed by atoms with E-state index in [9.17, 15) is 18.0 Å². The van der Waals surface area contributed by atoms with Gasteiger partial charge in [-0.15, -0.1) is 11.3 Å². The summed E-state index contributed by atoms with van der Waals surface area (Å²) in [5.74, 6) is 0.523. The molecule has 1 aliphatic carbocycles. The molecule has 0 saturated heterocycles. The third kappa shape index (κ3) is 3.83. The Kier molecular flexibility index (Phi) is 5.43. The lowest BCUT2D eigenvalue weighted by Gasteiger charge is -2.24. The fourth-order valence-electron chi connectivity index (χ4n) is 4.33. The van der Waals surface area contributed by atoms with Crippen LogP contribution in [0.5, 0.6) is 0 Å². The van der Waals surface area contributed by atoms with E-state index in [-0.39, 0.29) is 29.7 Å². The number of nitrogens with one attached hydrogen (secondary N) is 1. The molecule has 12 heteroatoms. The van der Waals surface area contributed by atoms with Crippen molar-refractivity contribution in [2.24, 2.45) is 0 Å². The summed E-state index contributed by atoms with van der Waals surface area (Å²) in [6, 6.07) is -0.217. The molecule has 31 heavy (non-hydrogen) atoms. The van der Waals surface area contributed by atoms with Crippen LogP contribution in [0, 0.1) is 0 Å². The molecule has 1 atom stereocenters. The Labute approximate surface area is 188 Å². The van der Waals surface area contributed by atoms with E-state index in [4.69, 9.17) is 0 Å². The van der Waals surface area contributed by atoms with Crippen molar-refractivity contribution in [3.63, 3.8) is 0 Å². The Morgan fingerprint density at radius 1 is 1.23 bits per heavy atom. The van der Waals surface area contributed by atoms with Crippen LogP contribution in [0.15, 0.2) is 9.95 Å². The molecule has 0 aromatic carbocycles. The van der Waals surface area contributed by atoms with Gasteiger partial charge in [0.2, 0.25) is 15.9 Å². The Bertz CT molecular complexity index is 1220. The summed E-state index contributed by atoms with van der Waals surface area (Å²) < 4.78 is 27.5. The molecule has 9 nitrogen and oxygen atoms in total. The molecule has 0 radical (unpaired) electrons. The highest BCUT2D eigenvalue weighted by atomic mass is 32.2. The Balaban J connectivity index is 1.28. The average Bonchev–Trinajstić information content (AvgIpc) is 3.45. The van der Waals surface area contributed by atoms with Gasteiger partial charge in [0.15, 0.2) is 10.3 Å². The van der Waals surface area contributed by atoms with Crippen LogP contribution in [0.3, 0.4) is 0 Å². The highest BCUT2D eigenvalue weighted by Crippen LogP contribution is 2.35. The van der Waals surface area contributed by atoms with E-state index in [1.807, 2.05) is 0 Å². The van der Waals surface area contributed by atoms with Crippen molar-refractivity contribution >= 4 is 44.2 Å². The highest BCUT2D eigenvalue weighted by Gasteiger charge is 2.32. The number of amides is 1. The topological polar surface area (TPSA) is 114 Å². The maximum absolute atomic E-state index is 12.9. The predicted octanol–water partition coefficient (Wildman–Crippen LogP) is 1.57. The van der Waals surface area contributed by atoms with Crippen LogP contribution in [0.2, 0.25) is 0 Å². The van der Waals surface area contributed by atoms with Gasteiger partial charge in [-0.3, -0.25) is 14.2 Å². The number of hydrogen-bond acceptors (Lipinski definition) is 8. The molecule has 4 heterocycles.